The average Bonchev–Trinajstić information content (AvgIpc) is 3.29. The Labute approximate surface area is 169 Å². The minimum Gasteiger partial charge on any atom is -0.497 e. The van der Waals surface area contributed by atoms with Crippen molar-refractivity contribution in [1.82, 2.24) is 25.0 Å². The van der Waals surface area contributed by atoms with Gasteiger partial charge in [-0.1, -0.05) is 17.3 Å². The number of anilines is 1. The number of methoxy groups -OCH3 is 1. The van der Waals surface area contributed by atoms with Gasteiger partial charge in [0.1, 0.15) is 12.3 Å². The molecule has 0 aliphatic heterocycles. The highest BCUT2D eigenvalue weighted by Crippen LogP contribution is 2.13. The summed E-state index contributed by atoms with van der Waals surface area (Å²) in [7, 11) is 1.64. The van der Waals surface area contributed by atoms with Crippen LogP contribution in [0.4, 0.5) is 5.95 Å². The van der Waals surface area contributed by atoms with Gasteiger partial charge in [-0.25, -0.2) is 9.67 Å². The normalized spacial score (nSPS) is 10.5. The molecule has 0 spiro atoms. The van der Waals surface area contributed by atoms with Gasteiger partial charge >= 0.3 is 0 Å². The van der Waals surface area contributed by atoms with Gasteiger partial charge in [0.15, 0.2) is 11.7 Å². The molecular weight excluding hydrogens is 380 g/mol. The second-order valence-electron chi connectivity index (χ2n) is 6.44. The van der Waals surface area contributed by atoms with Crippen LogP contribution in [-0.2, 0) is 30.6 Å². The number of nitrogen functional groups attached to an aromatic ring is 1. The van der Waals surface area contributed by atoms with E-state index >= 15 is 0 Å². The van der Waals surface area contributed by atoms with Gasteiger partial charge < -0.3 is 15.5 Å². The third-order valence-electron chi connectivity index (χ3n) is 4.30. The summed E-state index contributed by atoms with van der Waals surface area (Å²) in [5.41, 5.74) is 8.56. The predicted octanol–water partition coefficient (Wildman–Crippen LogP) is 2.39. The summed E-state index contributed by atoms with van der Waals surface area (Å²) in [5.74, 6) is 1.38. The number of benzene rings is 1. The molecule has 0 unspecified atom stereocenters. The molecule has 28 heavy (non-hydrogen) atoms. The Morgan fingerprint density at radius 1 is 1.21 bits per heavy atom. The van der Waals surface area contributed by atoms with Crippen molar-refractivity contribution in [2.45, 2.75) is 38.6 Å². The molecular formula is C19H25ClN6O2. The van der Waals surface area contributed by atoms with Crippen LogP contribution < -0.4 is 10.5 Å². The van der Waals surface area contributed by atoms with Crippen molar-refractivity contribution in [3.05, 3.63) is 53.6 Å². The Balaban J connectivity index is 0.00000280. The Morgan fingerprint density at radius 2 is 2.00 bits per heavy atom. The molecule has 0 radical (unpaired) electrons. The Kier molecular flexibility index (Phi) is 8.01. The number of aromatic amines is 1. The monoisotopic (exact) mass is 404 g/mol. The fraction of sp³-hybridized carbons (Fsp3) is 0.368. The molecule has 3 aromatic rings. The van der Waals surface area contributed by atoms with Crippen molar-refractivity contribution >= 4 is 24.1 Å². The fourth-order valence-electron chi connectivity index (χ4n) is 2.83. The first kappa shape index (κ1) is 21.4. The maximum absolute atomic E-state index is 12.2. The summed E-state index contributed by atoms with van der Waals surface area (Å²) in [6.45, 7) is 0.250. The lowest BCUT2D eigenvalue weighted by atomic mass is 10.1. The van der Waals surface area contributed by atoms with Crippen LogP contribution in [-0.4, -0.2) is 37.9 Å². The number of nitrogens with one attached hydrogen (secondary N) is 1. The lowest BCUT2D eigenvalue weighted by Gasteiger charge is -2.03. The van der Waals surface area contributed by atoms with Crippen molar-refractivity contribution in [2.75, 3.05) is 12.8 Å². The minimum atomic E-state index is 0. The number of imidazole rings is 1. The lowest BCUT2D eigenvalue weighted by molar-refractivity contribution is -0.119. The molecule has 150 valence electrons. The Morgan fingerprint density at radius 3 is 2.68 bits per heavy atom. The van der Waals surface area contributed by atoms with Gasteiger partial charge in [0, 0.05) is 18.3 Å². The highest BCUT2D eigenvalue weighted by Gasteiger charge is 2.08. The summed E-state index contributed by atoms with van der Waals surface area (Å²) in [4.78, 5) is 19.2. The molecule has 2 heterocycles. The number of carbonyl (C=O) groups is 1. The first-order chi connectivity index (χ1) is 13.1. The first-order valence-corrected chi connectivity index (χ1v) is 8.95. The molecule has 1 aromatic carbocycles. The van der Waals surface area contributed by atoms with Gasteiger partial charge in [-0.3, -0.25) is 4.79 Å². The molecule has 3 N–H and O–H groups in total. The molecule has 0 aliphatic rings. The Hall–Kier alpha value is -2.87. The summed E-state index contributed by atoms with van der Waals surface area (Å²) >= 11 is 0. The van der Waals surface area contributed by atoms with E-state index in [0.29, 0.717) is 18.8 Å². The van der Waals surface area contributed by atoms with E-state index in [1.54, 1.807) is 18.0 Å². The van der Waals surface area contributed by atoms with Crippen LogP contribution in [0.15, 0.2) is 36.7 Å². The number of Topliss-reactive ketones (excluding diaryl/α,β-unsaturated/α-hetero) is 1. The highest BCUT2D eigenvalue weighted by atomic mass is 35.5. The van der Waals surface area contributed by atoms with Crippen LogP contribution >= 0.6 is 12.4 Å². The molecule has 0 bridgehead atoms. The zero-order chi connectivity index (χ0) is 19.1. The van der Waals surface area contributed by atoms with Gasteiger partial charge in [-0.2, -0.15) is 0 Å². The van der Waals surface area contributed by atoms with E-state index < -0.39 is 0 Å². The van der Waals surface area contributed by atoms with Crippen molar-refractivity contribution in [2.24, 2.45) is 0 Å². The number of ketones is 1. The van der Waals surface area contributed by atoms with Gasteiger partial charge in [0.25, 0.3) is 0 Å². The quantitative estimate of drug-likeness (QED) is 0.536. The number of carbonyl (C=O) groups excluding carboxylic acids is 1. The molecule has 0 aliphatic carbocycles. The molecule has 0 atom stereocenters. The van der Waals surface area contributed by atoms with Gasteiger partial charge in [0.05, 0.1) is 19.0 Å². The number of nitrogens with two attached hydrogens (primary N) is 1. The van der Waals surface area contributed by atoms with E-state index in [4.69, 9.17) is 10.5 Å². The number of nitrogens with zero attached hydrogens (tertiary/aromatic N) is 4. The average molecular weight is 405 g/mol. The van der Waals surface area contributed by atoms with Gasteiger partial charge in [-0.15, -0.1) is 17.5 Å². The van der Waals surface area contributed by atoms with Crippen molar-refractivity contribution < 1.29 is 9.53 Å². The summed E-state index contributed by atoms with van der Waals surface area (Å²) in [5, 5.41) is 8.19. The number of aromatic nitrogens is 5. The van der Waals surface area contributed by atoms with E-state index in [-0.39, 0.29) is 24.7 Å². The summed E-state index contributed by atoms with van der Waals surface area (Å²) < 4.78 is 6.75. The van der Waals surface area contributed by atoms with Gasteiger partial charge in [-0.05, 0) is 43.4 Å². The number of halogens is 1. The number of ether oxygens (including phenoxy) is 1. The predicted molar refractivity (Wildman–Crippen MR) is 109 cm³/mol. The van der Waals surface area contributed by atoms with Crippen LogP contribution in [0, 0.1) is 0 Å². The van der Waals surface area contributed by atoms with E-state index in [9.17, 15) is 4.79 Å². The molecule has 3 rings (SSSR count). The van der Waals surface area contributed by atoms with E-state index in [2.05, 4.69) is 20.3 Å². The van der Waals surface area contributed by atoms with E-state index in [1.165, 1.54) is 0 Å². The standard InChI is InChI=1S/C19H24N6O2.ClH/c1-27-18-9-6-14(7-10-18)5-8-17(26)13-25-12-16(23-24-25)4-2-3-15-11-21-19(20)22-15;/h6-7,9-12H,2-5,8,13H2,1H3,(H3,20,21,22);1H. The van der Waals surface area contributed by atoms with E-state index in [1.807, 2.05) is 30.5 Å². The smallest absolute Gasteiger partial charge is 0.197 e. The molecule has 9 heteroatoms. The number of rotatable bonds is 10. The molecule has 0 saturated carbocycles. The van der Waals surface area contributed by atoms with Crippen LogP contribution in [0.5, 0.6) is 5.75 Å². The molecule has 0 saturated heterocycles. The summed E-state index contributed by atoms with van der Waals surface area (Å²) in [6, 6.07) is 7.77. The van der Waals surface area contributed by atoms with E-state index in [0.717, 1.165) is 42.0 Å². The topological polar surface area (TPSA) is 112 Å². The molecule has 0 amide bonds. The van der Waals surface area contributed by atoms with Crippen LogP contribution in [0.2, 0.25) is 0 Å². The van der Waals surface area contributed by atoms with Crippen LogP contribution in [0.1, 0.15) is 29.8 Å². The van der Waals surface area contributed by atoms with Crippen molar-refractivity contribution in [3.8, 4) is 5.75 Å². The highest BCUT2D eigenvalue weighted by molar-refractivity contribution is 5.85. The van der Waals surface area contributed by atoms with Crippen LogP contribution in [0.25, 0.3) is 0 Å². The third kappa shape index (κ3) is 6.38. The fourth-order valence-corrected chi connectivity index (χ4v) is 2.83. The van der Waals surface area contributed by atoms with Crippen LogP contribution in [0.3, 0.4) is 0 Å². The Bertz CT molecular complexity index is 875. The SMILES string of the molecule is COc1ccc(CCC(=O)Cn2cc(CCCc3cnc(N)[nH]3)nn2)cc1.Cl. The van der Waals surface area contributed by atoms with Crippen molar-refractivity contribution in [1.29, 1.82) is 0 Å². The third-order valence-corrected chi connectivity index (χ3v) is 4.30. The lowest BCUT2D eigenvalue weighted by Crippen LogP contribution is -2.11. The minimum absolute atomic E-state index is 0. The molecule has 8 nitrogen and oxygen atoms in total. The number of hydrogen-bond acceptors (Lipinski definition) is 6. The zero-order valence-electron chi connectivity index (χ0n) is 15.8. The second-order valence-corrected chi connectivity index (χ2v) is 6.44. The number of hydrogen-bond donors (Lipinski definition) is 2. The zero-order valence-corrected chi connectivity index (χ0v) is 16.6. The van der Waals surface area contributed by atoms with Crippen molar-refractivity contribution in [3.63, 3.8) is 0 Å². The van der Waals surface area contributed by atoms with Gasteiger partial charge in [0.2, 0.25) is 0 Å². The largest absolute Gasteiger partial charge is 0.497 e. The second kappa shape index (κ2) is 10.5. The first-order valence-electron chi connectivity index (χ1n) is 8.95. The molecule has 0 fully saturated rings. The maximum Gasteiger partial charge on any atom is 0.197 e. The summed E-state index contributed by atoms with van der Waals surface area (Å²) in [6.07, 6.45) is 7.31. The molecule has 2 aromatic heterocycles. The maximum atomic E-state index is 12.2. The number of aryl methyl sites for hydroxylation is 3. The number of H-pyrrole nitrogens is 1.